The molecule has 0 aromatic heterocycles. The summed E-state index contributed by atoms with van der Waals surface area (Å²) < 4.78 is 5.48. The molecule has 0 radical (unpaired) electrons. The highest BCUT2D eigenvalue weighted by Crippen LogP contribution is 2.48. The van der Waals surface area contributed by atoms with Crippen molar-refractivity contribution in [3.05, 3.63) is 34.9 Å². The molecule has 0 unspecified atom stereocenters. The molecule has 130 valence electrons. The second kappa shape index (κ2) is 5.80. The van der Waals surface area contributed by atoms with Crippen molar-refractivity contribution in [2.45, 2.75) is 64.0 Å². The van der Waals surface area contributed by atoms with Gasteiger partial charge in [-0.1, -0.05) is 18.2 Å². The maximum atomic E-state index is 12.3. The summed E-state index contributed by atoms with van der Waals surface area (Å²) in [5, 5.41) is 9.47. The number of carboxylic acids is 1. The summed E-state index contributed by atoms with van der Waals surface area (Å²) in [5.74, 6) is -0.730. The predicted octanol–water partition coefficient (Wildman–Crippen LogP) is 3.49. The Hall–Kier alpha value is -2.04. The van der Waals surface area contributed by atoms with E-state index in [9.17, 15) is 14.7 Å². The van der Waals surface area contributed by atoms with Gasteiger partial charge in [-0.2, -0.15) is 0 Å². The minimum atomic E-state index is -0.730. The van der Waals surface area contributed by atoms with Crippen molar-refractivity contribution in [2.24, 2.45) is 0 Å². The van der Waals surface area contributed by atoms with E-state index in [1.807, 2.05) is 39.0 Å². The second-order valence-electron chi connectivity index (χ2n) is 7.88. The van der Waals surface area contributed by atoms with Gasteiger partial charge in [-0.15, -0.1) is 0 Å². The van der Waals surface area contributed by atoms with Crippen LogP contribution in [0.4, 0.5) is 4.79 Å². The van der Waals surface area contributed by atoms with Crippen molar-refractivity contribution in [3.63, 3.8) is 0 Å². The molecule has 0 atom stereocenters. The maximum absolute atomic E-state index is 12.3. The molecular formula is C19H25NO4. The Morgan fingerprint density at radius 1 is 1.21 bits per heavy atom. The smallest absolute Gasteiger partial charge is 0.410 e. The molecule has 3 rings (SSSR count). The van der Waals surface area contributed by atoms with E-state index in [2.05, 4.69) is 0 Å². The number of carbonyl (C=O) groups is 2. The molecule has 1 aromatic rings. The van der Waals surface area contributed by atoms with Gasteiger partial charge in [0.2, 0.25) is 0 Å². The van der Waals surface area contributed by atoms with Gasteiger partial charge in [-0.05, 0) is 63.1 Å². The molecule has 1 aliphatic carbocycles. The summed E-state index contributed by atoms with van der Waals surface area (Å²) in [4.78, 5) is 25.6. The van der Waals surface area contributed by atoms with Crippen LogP contribution in [0.15, 0.2) is 18.2 Å². The average Bonchev–Trinajstić information content (AvgIpc) is 3.28. The Bertz CT molecular complexity index is 670. The molecule has 1 saturated carbocycles. The normalized spacial score (nSPS) is 19.2. The number of hydrogen-bond acceptors (Lipinski definition) is 3. The Kier molecular flexibility index (Phi) is 4.06. The third kappa shape index (κ3) is 3.25. The summed E-state index contributed by atoms with van der Waals surface area (Å²) in [6, 6.07) is 5.93. The molecule has 1 aromatic carbocycles. The number of nitrogens with zero attached hydrogens (tertiary/aromatic N) is 1. The number of carboxylic acid groups (broad SMARTS) is 1. The van der Waals surface area contributed by atoms with Gasteiger partial charge >= 0.3 is 12.1 Å². The van der Waals surface area contributed by atoms with Crippen LogP contribution < -0.4 is 0 Å². The summed E-state index contributed by atoms with van der Waals surface area (Å²) in [6.07, 6.45) is 2.85. The lowest BCUT2D eigenvalue weighted by Gasteiger charge is -2.26. The van der Waals surface area contributed by atoms with E-state index < -0.39 is 17.0 Å². The molecule has 24 heavy (non-hydrogen) atoms. The van der Waals surface area contributed by atoms with Crippen molar-refractivity contribution in [3.8, 4) is 0 Å². The fourth-order valence-electron chi connectivity index (χ4n) is 3.29. The number of carbonyl (C=O) groups excluding carboxylic acids is 1. The van der Waals surface area contributed by atoms with Crippen molar-refractivity contribution in [1.82, 2.24) is 4.90 Å². The molecule has 1 aliphatic heterocycles. The number of amides is 1. The Labute approximate surface area is 142 Å². The van der Waals surface area contributed by atoms with Gasteiger partial charge in [0, 0.05) is 13.1 Å². The lowest BCUT2D eigenvalue weighted by Crippen LogP contribution is -2.36. The van der Waals surface area contributed by atoms with Crippen LogP contribution in [0.3, 0.4) is 0 Å². The molecule has 1 amide bonds. The monoisotopic (exact) mass is 331 g/mol. The van der Waals surface area contributed by atoms with E-state index in [1.54, 1.807) is 4.90 Å². The summed E-state index contributed by atoms with van der Waals surface area (Å²) in [5.41, 5.74) is 1.97. The Morgan fingerprint density at radius 2 is 1.92 bits per heavy atom. The largest absolute Gasteiger partial charge is 0.481 e. The average molecular weight is 331 g/mol. The molecule has 5 nitrogen and oxygen atoms in total. The number of fused-ring (bicyclic) bond motifs is 1. The van der Waals surface area contributed by atoms with Crippen LogP contribution in [0, 0.1) is 0 Å². The first-order valence-electron chi connectivity index (χ1n) is 8.55. The Morgan fingerprint density at radius 3 is 2.50 bits per heavy atom. The van der Waals surface area contributed by atoms with Gasteiger partial charge in [0.05, 0.1) is 5.41 Å². The molecule has 2 aliphatic rings. The number of ether oxygens (including phenoxy) is 1. The van der Waals surface area contributed by atoms with Crippen LogP contribution in [-0.4, -0.2) is 34.2 Å². The third-order valence-electron chi connectivity index (χ3n) is 4.81. The number of rotatable bonds is 2. The topological polar surface area (TPSA) is 66.8 Å². The molecule has 5 heteroatoms. The van der Waals surface area contributed by atoms with Crippen LogP contribution >= 0.6 is 0 Å². The van der Waals surface area contributed by atoms with Gasteiger partial charge in [0.25, 0.3) is 0 Å². The van der Waals surface area contributed by atoms with Crippen molar-refractivity contribution in [1.29, 1.82) is 0 Å². The standard InChI is InChI=1S/C19H25NO4/c1-18(2,3)24-17(23)20-10-4-5-13-11-15(7-6-14(13)12-20)19(8-9-19)16(21)22/h6-7,11H,4-5,8-10,12H2,1-3H3,(H,21,22). The lowest BCUT2D eigenvalue weighted by molar-refractivity contribution is -0.140. The minimum absolute atomic E-state index is 0.288. The number of aliphatic carboxylic acids is 1. The maximum Gasteiger partial charge on any atom is 0.410 e. The van der Waals surface area contributed by atoms with Crippen LogP contribution in [0.5, 0.6) is 0 Å². The highest BCUT2D eigenvalue weighted by molar-refractivity contribution is 5.85. The van der Waals surface area contributed by atoms with Gasteiger partial charge in [-0.3, -0.25) is 4.79 Å². The molecule has 0 spiro atoms. The van der Waals surface area contributed by atoms with Crippen LogP contribution in [0.1, 0.15) is 56.7 Å². The van der Waals surface area contributed by atoms with E-state index in [1.165, 1.54) is 0 Å². The second-order valence-corrected chi connectivity index (χ2v) is 7.88. The van der Waals surface area contributed by atoms with Crippen molar-refractivity contribution in [2.75, 3.05) is 6.54 Å². The first kappa shape index (κ1) is 16.8. The van der Waals surface area contributed by atoms with Gasteiger partial charge in [0.15, 0.2) is 0 Å². The van der Waals surface area contributed by atoms with E-state index in [4.69, 9.17) is 4.74 Å². The highest BCUT2D eigenvalue weighted by atomic mass is 16.6. The molecule has 1 N–H and O–H groups in total. The zero-order valence-corrected chi connectivity index (χ0v) is 14.6. The van der Waals surface area contributed by atoms with E-state index >= 15 is 0 Å². The zero-order chi connectivity index (χ0) is 17.5. The fraction of sp³-hybridized carbons (Fsp3) is 0.579. The van der Waals surface area contributed by atoms with Gasteiger partial charge in [0.1, 0.15) is 5.60 Å². The fourth-order valence-corrected chi connectivity index (χ4v) is 3.29. The number of hydrogen-bond donors (Lipinski definition) is 1. The quantitative estimate of drug-likeness (QED) is 0.901. The van der Waals surface area contributed by atoms with Gasteiger partial charge in [-0.25, -0.2) is 4.79 Å². The summed E-state index contributed by atoms with van der Waals surface area (Å²) in [6.45, 7) is 6.77. The van der Waals surface area contributed by atoms with E-state index in [0.717, 1.165) is 29.5 Å². The minimum Gasteiger partial charge on any atom is -0.481 e. The Balaban J connectivity index is 1.80. The molecule has 0 saturated heterocycles. The number of aryl methyl sites for hydroxylation is 1. The lowest BCUT2D eigenvalue weighted by atomic mass is 9.91. The zero-order valence-electron chi connectivity index (χ0n) is 14.6. The highest BCUT2D eigenvalue weighted by Gasteiger charge is 2.51. The number of benzene rings is 1. The van der Waals surface area contributed by atoms with E-state index in [-0.39, 0.29) is 6.09 Å². The predicted molar refractivity (Wildman–Crippen MR) is 90.0 cm³/mol. The van der Waals surface area contributed by atoms with Gasteiger partial charge < -0.3 is 14.7 Å². The third-order valence-corrected chi connectivity index (χ3v) is 4.81. The SMILES string of the molecule is CC(C)(C)OC(=O)N1CCCc2cc(C3(C(=O)O)CC3)ccc2C1. The molecule has 0 bridgehead atoms. The van der Waals surface area contributed by atoms with Crippen molar-refractivity contribution < 1.29 is 19.4 Å². The molecule has 1 fully saturated rings. The summed E-state index contributed by atoms with van der Waals surface area (Å²) in [7, 11) is 0. The van der Waals surface area contributed by atoms with E-state index in [0.29, 0.717) is 25.9 Å². The summed E-state index contributed by atoms with van der Waals surface area (Å²) >= 11 is 0. The van der Waals surface area contributed by atoms with Crippen LogP contribution in [0.2, 0.25) is 0 Å². The molecular weight excluding hydrogens is 306 g/mol. The molecule has 1 heterocycles. The van der Waals surface area contributed by atoms with Crippen LogP contribution in [-0.2, 0) is 27.9 Å². The van der Waals surface area contributed by atoms with Crippen molar-refractivity contribution >= 4 is 12.1 Å². The first-order valence-corrected chi connectivity index (χ1v) is 8.55. The van der Waals surface area contributed by atoms with Crippen LogP contribution in [0.25, 0.3) is 0 Å². The first-order chi connectivity index (χ1) is 11.2.